The Morgan fingerprint density at radius 2 is 1.92 bits per heavy atom. The number of rotatable bonds is 2. The summed E-state index contributed by atoms with van der Waals surface area (Å²) in [7, 11) is 0. The van der Waals surface area contributed by atoms with Gasteiger partial charge in [-0.3, -0.25) is 4.79 Å². The van der Waals surface area contributed by atoms with Crippen LogP contribution in [-0.2, 0) is 4.79 Å². The number of hydrogen-bond donors (Lipinski definition) is 1. The minimum Gasteiger partial charge on any atom is -0.444 e. The van der Waals surface area contributed by atoms with Crippen molar-refractivity contribution >= 4 is 46.4 Å². The minimum absolute atomic E-state index is 0.169. The zero-order valence-corrected chi connectivity index (χ0v) is 14.7. The molecule has 1 aliphatic heterocycles. The molecule has 25 heavy (non-hydrogen) atoms. The van der Waals surface area contributed by atoms with Gasteiger partial charge >= 0.3 is 0 Å². The van der Waals surface area contributed by atoms with Gasteiger partial charge in [0.2, 0.25) is 0 Å². The molecular formula is C19H12Cl2N2O2. The molecule has 1 amide bonds. The van der Waals surface area contributed by atoms with Gasteiger partial charge in [-0.05, 0) is 54.5 Å². The Kier molecular flexibility index (Phi) is 3.86. The van der Waals surface area contributed by atoms with Crippen LogP contribution in [0.5, 0.6) is 0 Å². The van der Waals surface area contributed by atoms with Gasteiger partial charge < -0.3 is 9.73 Å². The van der Waals surface area contributed by atoms with E-state index in [1.807, 2.05) is 25.1 Å². The Morgan fingerprint density at radius 1 is 1.16 bits per heavy atom. The molecule has 0 atom stereocenters. The van der Waals surface area contributed by atoms with Crippen LogP contribution in [0.4, 0.5) is 5.69 Å². The van der Waals surface area contributed by atoms with Gasteiger partial charge in [-0.2, -0.15) is 0 Å². The molecule has 0 aliphatic carbocycles. The van der Waals surface area contributed by atoms with Crippen LogP contribution in [0.3, 0.4) is 0 Å². The van der Waals surface area contributed by atoms with Crippen LogP contribution in [0.25, 0.3) is 23.0 Å². The van der Waals surface area contributed by atoms with Crippen molar-refractivity contribution in [2.75, 3.05) is 5.32 Å². The molecule has 2 aromatic carbocycles. The molecule has 0 bridgehead atoms. The number of aromatic nitrogens is 1. The number of hydrogen-bond acceptors (Lipinski definition) is 3. The second kappa shape index (κ2) is 6.06. The van der Waals surface area contributed by atoms with Gasteiger partial charge in [-0.15, -0.1) is 0 Å². The zero-order chi connectivity index (χ0) is 17.6. The quantitative estimate of drug-likeness (QED) is 0.610. The van der Waals surface area contributed by atoms with E-state index in [4.69, 9.17) is 27.6 Å². The fraction of sp³-hybridized carbons (Fsp3) is 0.0526. The minimum atomic E-state index is -0.169. The number of nitrogens with one attached hydrogen (secondary N) is 1. The van der Waals surface area contributed by atoms with Crippen molar-refractivity contribution in [3.63, 3.8) is 0 Å². The maximum atomic E-state index is 12.4. The lowest BCUT2D eigenvalue weighted by molar-refractivity contribution is -0.110. The number of amides is 1. The molecule has 6 heteroatoms. The molecule has 1 aliphatic rings. The first-order chi connectivity index (χ1) is 12.0. The number of nitrogens with zero attached hydrogens (tertiary/aromatic N) is 1. The molecule has 3 aromatic rings. The number of halogens is 2. The highest BCUT2D eigenvalue weighted by Crippen LogP contribution is 2.37. The van der Waals surface area contributed by atoms with Crippen LogP contribution in [0.2, 0.25) is 10.0 Å². The van der Waals surface area contributed by atoms with Crippen molar-refractivity contribution in [1.29, 1.82) is 0 Å². The van der Waals surface area contributed by atoms with Gasteiger partial charge in [0.25, 0.3) is 5.91 Å². The Morgan fingerprint density at radius 3 is 2.60 bits per heavy atom. The van der Waals surface area contributed by atoms with Crippen LogP contribution in [-0.4, -0.2) is 10.9 Å². The molecule has 4 nitrogen and oxygen atoms in total. The zero-order valence-electron chi connectivity index (χ0n) is 13.1. The summed E-state index contributed by atoms with van der Waals surface area (Å²) in [5, 5.41) is 3.99. The first-order valence-electron chi connectivity index (χ1n) is 7.55. The largest absolute Gasteiger partial charge is 0.444 e. The first kappa shape index (κ1) is 15.9. The third-order valence-corrected chi connectivity index (χ3v) is 4.92. The van der Waals surface area contributed by atoms with Gasteiger partial charge in [0, 0.05) is 32.4 Å². The van der Waals surface area contributed by atoms with E-state index in [9.17, 15) is 4.79 Å². The summed E-state index contributed by atoms with van der Waals surface area (Å²) in [4.78, 5) is 16.3. The SMILES string of the molecule is Cc1c(Cl)cc(/C=C2\C(=O)Nc3ccc(-c4cnco4)cc32)cc1Cl. The van der Waals surface area contributed by atoms with Crippen LogP contribution in [0, 0.1) is 6.92 Å². The van der Waals surface area contributed by atoms with Crippen molar-refractivity contribution in [1.82, 2.24) is 4.98 Å². The fourth-order valence-electron chi connectivity index (χ4n) is 2.76. The second-order valence-corrected chi connectivity index (χ2v) is 6.56. The van der Waals surface area contributed by atoms with Crippen LogP contribution in [0.1, 0.15) is 16.7 Å². The molecule has 2 heterocycles. The molecule has 0 unspecified atom stereocenters. The number of oxazole rings is 1. The third kappa shape index (κ3) is 2.84. The predicted octanol–water partition coefficient (Wildman–Crippen LogP) is 5.45. The fourth-order valence-corrected chi connectivity index (χ4v) is 3.26. The van der Waals surface area contributed by atoms with Gasteiger partial charge in [-0.1, -0.05) is 23.2 Å². The summed E-state index contributed by atoms with van der Waals surface area (Å²) in [6.45, 7) is 1.85. The number of anilines is 1. The molecule has 0 saturated carbocycles. The lowest BCUT2D eigenvalue weighted by Crippen LogP contribution is -2.03. The summed E-state index contributed by atoms with van der Waals surface area (Å²) >= 11 is 12.4. The third-order valence-electron chi connectivity index (χ3n) is 4.13. The summed E-state index contributed by atoms with van der Waals surface area (Å²) in [6.07, 6.45) is 4.79. The van der Waals surface area contributed by atoms with Gasteiger partial charge in [0.1, 0.15) is 0 Å². The molecule has 1 aromatic heterocycles. The number of benzene rings is 2. The number of carbonyl (C=O) groups excluding carboxylic acids is 1. The van der Waals surface area contributed by atoms with Gasteiger partial charge in [0.05, 0.1) is 6.20 Å². The summed E-state index contributed by atoms with van der Waals surface area (Å²) in [5.74, 6) is 0.473. The average Bonchev–Trinajstić information content (AvgIpc) is 3.21. The lowest BCUT2D eigenvalue weighted by atomic mass is 10.0. The maximum absolute atomic E-state index is 12.4. The number of carbonyl (C=O) groups is 1. The van der Waals surface area contributed by atoms with Crippen LogP contribution in [0.15, 0.2) is 47.3 Å². The number of fused-ring (bicyclic) bond motifs is 1. The van der Waals surface area contributed by atoms with E-state index < -0.39 is 0 Å². The molecule has 0 radical (unpaired) electrons. The Balaban J connectivity index is 1.82. The predicted molar refractivity (Wildman–Crippen MR) is 99.6 cm³/mol. The van der Waals surface area contributed by atoms with E-state index in [0.29, 0.717) is 21.4 Å². The van der Waals surface area contributed by atoms with E-state index in [-0.39, 0.29) is 5.91 Å². The smallest absolute Gasteiger partial charge is 0.256 e. The lowest BCUT2D eigenvalue weighted by Gasteiger charge is -2.05. The average molecular weight is 371 g/mol. The maximum Gasteiger partial charge on any atom is 0.256 e. The molecule has 124 valence electrons. The Bertz CT molecular complexity index is 1000. The first-order valence-corrected chi connectivity index (χ1v) is 8.30. The van der Waals surface area contributed by atoms with Crippen molar-refractivity contribution in [2.45, 2.75) is 6.92 Å². The monoisotopic (exact) mass is 370 g/mol. The van der Waals surface area contributed by atoms with Crippen LogP contribution < -0.4 is 5.32 Å². The van der Waals surface area contributed by atoms with E-state index >= 15 is 0 Å². The molecule has 1 N–H and O–H groups in total. The normalized spacial score (nSPS) is 14.7. The van der Waals surface area contributed by atoms with E-state index in [2.05, 4.69) is 10.3 Å². The van der Waals surface area contributed by atoms with Gasteiger partial charge in [-0.25, -0.2) is 4.98 Å². The molecular weight excluding hydrogens is 359 g/mol. The Labute approximate surface area is 154 Å². The topological polar surface area (TPSA) is 55.1 Å². The van der Waals surface area contributed by atoms with Crippen LogP contribution >= 0.6 is 23.2 Å². The van der Waals surface area contributed by atoms with Crippen molar-refractivity contribution in [2.24, 2.45) is 0 Å². The second-order valence-electron chi connectivity index (χ2n) is 5.75. The van der Waals surface area contributed by atoms with Crippen molar-refractivity contribution in [3.8, 4) is 11.3 Å². The van der Waals surface area contributed by atoms with E-state index in [1.54, 1.807) is 24.4 Å². The summed E-state index contributed by atoms with van der Waals surface area (Å²) < 4.78 is 5.33. The van der Waals surface area contributed by atoms with Crippen molar-refractivity contribution in [3.05, 3.63) is 69.7 Å². The highest BCUT2D eigenvalue weighted by atomic mass is 35.5. The summed E-state index contributed by atoms with van der Waals surface area (Å²) in [6, 6.07) is 9.21. The van der Waals surface area contributed by atoms with Crippen molar-refractivity contribution < 1.29 is 9.21 Å². The molecule has 0 spiro atoms. The Hall–Kier alpha value is -2.56. The highest BCUT2D eigenvalue weighted by molar-refractivity contribution is 6.37. The highest BCUT2D eigenvalue weighted by Gasteiger charge is 2.25. The summed E-state index contributed by atoms with van der Waals surface area (Å²) in [5.41, 5.74) is 4.53. The molecule has 0 fully saturated rings. The molecule has 0 saturated heterocycles. The van der Waals surface area contributed by atoms with E-state index in [0.717, 1.165) is 27.9 Å². The standard InChI is InChI=1S/C19H12Cl2N2O2/c1-10-15(20)5-11(6-16(10)21)4-14-13-7-12(18-8-22-9-25-18)2-3-17(13)23-19(14)24/h2-9H,1H3,(H,23,24)/b14-4-. The van der Waals surface area contributed by atoms with E-state index in [1.165, 1.54) is 6.39 Å². The molecule has 4 rings (SSSR count). The van der Waals surface area contributed by atoms with Gasteiger partial charge in [0.15, 0.2) is 12.2 Å².